The fourth-order valence-corrected chi connectivity index (χ4v) is 0.889. The first-order chi connectivity index (χ1) is 6.58. The fraction of sp³-hybridized carbons (Fsp3) is 0.333. The molecule has 1 N–H and O–H groups in total. The van der Waals surface area contributed by atoms with Crippen LogP contribution in [0.5, 0.6) is 5.75 Å². The molecular formula is C12H14O2. The third-order valence-electron chi connectivity index (χ3n) is 1.45. The van der Waals surface area contributed by atoms with Crippen LogP contribution in [0.15, 0.2) is 30.3 Å². The van der Waals surface area contributed by atoms with Gasteiger partial charge in [0.15, 0.2) is 0 Å². The van der Waals surface area contributed by atoms with Gasteiger partial charge in [-0.2, -0.15) is 0 Å². The molecule has 0 amide bonds. The molecule has 0 aliphatic heterocycles. The van der Waals surface area contributed by atoms with Crippen LogP contribution in [0.2, 0.25) is 0 Å². The van der Waals surface area contributed by atoms with Gasteiger partial charge in [-0.25, -0.2) is 0 Å². The van der Waals surface area contributed by atoms with Crippen molar-refractivity contribution in [2.45, 2.75) is 19.4 Å². The molecule has 0 bridgehead atoms. The summed E-state index contributed by atoms with van der Waals surface area (Å²) in [6, 6.07) is 9.46. The van der Waals surface area contributed by atoms with Gasteiger partial charge in [-0.1, -0.05) is 30.0 Å². The molecule has 1 aromatic carbocycles. The lowest BCUT2D eigenvalue weighted by atomic mass is 10.1. The molecule has 0 aromatic heterocycles. The van der Waals surface area contributed by atoms with Crippen molar-refractivity contribution in [1.29, 1.82) is 0 Å². The fourth-order valence-electron chi connectivity index (χ4n) is 0.889. The zero-order valence-electron chi connectivity index (χ0n) is 8.45. The number of rotatable bonds is 2. The normalized spacial score (nSPS) is 10.2. The first kappa shape index (κ1) is 10.6. The second-order valence-corrected chi connectivity index (χ2v) is 3.46. The summed E-state index contributed by atoms with van der Waals surface area (Å²) in [6.07, 6.45) is 0. The highest BCUT2D eigenvalue weighted by atomic mass is 16.5. The van der Waals surface area contributed by atoms with E-state index in [9.17, 15) is 5.11 Å². The Morgan fingerprint density at radius 1 is 1.29 bits per heavy atom. The quantitative estimate of drug-likeness (QED) is 0.721. The van der Waals surface area contributed by atoms with Crippen LogP contribution in [-0.2, 0) is 0 Å². The van der Waals surface area contributed by atoms with Gasteiger partial charge in [0.2, 0.25) is 0 Å². The van der Waals surface area contributed by atoms with Crippen LogP contribution < -0.4 is 4.74 Å². The van der Waals surface area contributed by atoms with E-state index >= 15 is 0 Å². The van der Waals surface area contributed by atoms with Gasteiger partial charge in [0.1, 0.15) is 18.0 Å². The average Bonchev–Trinajstić information content (AvgIpc) is 2.13. The molecule has 14 heavy (non-hydrogen) atoms. The second-order valence-electron chi connectivity index (χ2n) is 3.46. The van der Waals surface area contributed by atoms with Crippen molar-refractivity contribution in [3.05, 3.63) is 30.3 Å². The van der Waals surface area contributed by atoms with Gasteiger partial charge in [0.25, 0.3) is 0 Å². The Morgan fingerprint density at radius 2 is 1.93 bits per heavy atom. The van der Waals surface area contributed by atoms with E-state index in [0.29, 0.717) is 6.61 Å². The molecule has 0 radical (unpaired) electrons. The molecule has 2 heteroatoms. The molecule has 0 unspecified atom stereocenters. The highest BCUT2D eigenvalue weighted by Crippen LogP contribution is 2.07. The van der Waals surface area contributed by atoms with E-state index in [1.165, 1.54) is 0 Å². The van der Waals surface area contributed by atoms with Crippen LogP contribution in [0.1, 0.15) is 13.8 Å². The van der Waals surface area contributed by atoms with Gasteiger partial charge in [-0.05, 0) is 26.0 Å². The molecule has 0 saturated carbocycles. The standard InChI is InChI=1S/C12H14O2/c1-12(2,13)9-6-10-14-11-7-4-3-5-8-11/h3-5,7-8,13H,10H2,1-2H3. The molecule has 0 fully saturated rings. The predicted octanol–water partition coefficient (Wildman–Crippen LogP) is 1.84. The van der Waals surface area contributed by atoms with Gasteiger partial charge < -0.3 is 9.84 Å². The molecule has 0 aliphatic carbocycles. The Morgan fingerprint density at radius 3 is 2.50 bits per heavy atom. The third-order valence-corrected chi connectivity index (χ3v) is 1.45. The first-order valence-electron chi connectivity index (χ1n) is 4.48. The van der Waals surface area contributed by atoms with E-state index in [0.717, 1.165) is 5.75 Å². The van der Waals surface area contributed by atoms with Gasteiger partial charge in [0.05, 0.1) is 0 Å². The monoisotopic (exact) mass is 190 g/mol. The van der Waals surface area contributed by atoms with Gasteiger partial charge in [-0.15, -0.1) is 0 Å². The smallest absolute Gasteiger partial charge is 0.149 e. The summed E-state index contributed by atoms with van der Waals surface area (Å²) in [5, 5.41) is 9.29. The van der Waals surface area contributed by atoms with Crippen LogP contribution in [-0.4, -0.2) is 17.3 Å². The Balaban J connectivity index is 2.39. The Bertz CT molecular complexity index is 325. The molecule has 0 saturated heterocycles. The van der Waals surface area contributed by atoms with Crippen molar-refractivity contribution in [2.24, 2.45) is 0 Å². The van der Waals surface area contributed by atoms with Crippen molar-refractivity contribution in [2.75, 3.05) is 6.61 Å². The lowest BCUT2D eigenvalue weighted by Crippen LogP contribution is -2.15. The highest BCUT2D eigenvalue weighted by Gasteiger charge is 2.04. The molecule has 2 nitrogen and oxygen atoms in total. The van der Waals surface area contributed by atoms with Crippen LogP contribution in [0.25, 0.3) is 0 Å². The molecule has 0 aliphatic rings. The maximum Gasteiger partial charge on any atom is 0.149 e. The number of benzene rings is 1. The Kier molecular flexibility index (Phi) is 3.55. The van der Waals surface area contributed by atoms with Gasteiger partial charge in [0, 0.05) is 0 Å². The van der Waals surface area contributed by atoms with Gasteiger partial charge >= 0.3 is 0 Å². The number of ether oxygens (including phenoxy) is 1. The summed E-state index contributed by atoms with van der Waals surface area (Å²) in [6.45, 7) is 3.58. The maximum absolute atomic E-state index is 9.29. The molecule has 0 heterocycles. The van der Waals surface area contributed by atoms with Crippen LogP contribution in [0, 0.1) is 11.8 Å². The van der Waals surface area contributed by atoms with Crippen LogP contribution >= 0.6 is 0 Å². The van der Waals surface area contributed by atoms with Crippen molar-refractivity contribution in [1.82, 2.24) is 0 Å². The minimum absolute atomic E-state index is 0.300. The summed E-state index contributed by atoms with van der Waals surface area (Å²) in [5.41, 5.74) is -0.944. The lowest BCUT2D eigenvalue weighted by Gasteiger charge is -2.06. The van der Waals surface area contributed by atoms with Crippen molar-refractivity contribution in [3.63, 3.8) is 0 Å². The summed E-state index contributed by atoms with van der Waals surface area (Å²) in [5.74, 6) is 6.21. The van der Waals surface area contributed by atoms with E-state index in [1.807, 2.05) is 30.3 Å². The van der Waals surface area contributed by atoms with E-state index < -0.39 is 5.60 Å². The Labute approximate surface area is 84.5 Å². The first-order valence-corrected chi connectivity index (χ1v) is 4.48. The van der Waals surface area contributed by atoms with Crippen LogP contribution in [0.3, 0.4) is 0 Å². The molecule has 0 atom stereocenters. The molecule has 1 rings (SSSR count). The molecule has 74 valence electrons. The molecule has 1 aromatic rings. The topological polar surface area (TPSA) is 29.5 Å². The maximum atomic E-state index is 9.29. The highest BCUT2D eigenvalue weighted by molar-refractivity contribution is 5.22. The van der Waals surface area contributed by atoms with Crippen molar-refractivity contribution >= 4 is 0 Å². The zero-order chi connectivity index (χ0) is 10.4. The van der Waals surface area contributed by atoms with E-state index in [4.69, 9.17) is 4.74 Å². The van der Waals surface area contributed by atoms with Gasteiger partial charge in [-0.3, -0.25) is 0 Å². The number of aliphatic hydroxyl groups is 1. The largest absolute Gasteiger partial charge is 0.481 e. The summed E-state index contributed by atoms with van der Waals surface area (Å²) in [7, 11) is 0. The SMILES string of the molecule is CC(C)(O)C#CCOc1ccccc1. The number of para-hydroxylation sites is 1. The summed E-state index contributed by atoms with van der Waals surface area (Å²) < 4.78 is 5.32. The number of hydrogen-bond donors (Lipinski definition) is 1. The third kappa shape index (κ3) is 4.54. The minimum atomic E-state index is -0.944. The average molecular weight is 190 g/mol. The second kappa shape index (κ2) is 4.69. The van der Waals surface area contributed by atoms with Crippen molar-refractivity contribution < 1.29 is 9.84 Å². The lowest BCUT2D eigenvalue weighted by molar-refractivity contribution is 0.143. The van der Waals surface area contributed by atoms with E-state index in [-0.39, 0.29) is 0 Å². The van der Waals surface area contributed by atoms with Crippen molar-refractivity contribution in [3.8, 4) is 17.6 Å². The van der Waals surface area contributed by atoms with E-state index in [1.54, 1.807) is 13.8 Å². The summed E-state index contributed by atoms with van der Waals surface area (Å²) in [4.78, 5) is 0. The predicted molar refractivity (Wildman–Crippen MR) is 56.0 cm³/mol. The molecule has 0 spiro atoms. The summed E-state index contributed by atoms with van der Waals surface area (Å²) >= 11 is 0. The minimum Gasteiger partial charge on any atom is -0.481 e. The van der Waals surface area contributed by atoms with Crippen LogP contribution in [0.4, 0.5) is 0 Å². The number of hydrogen-bond acceptors (Lipinski definition) is 2. The zero-order valence-corrected chi connectivity index (χ0v) is 8.45. The van der Waals surface area contributed by atoms with E-state index in [2.05, 4.69) is 11.8 Å². The molecular weight excluding hydrogens is 176 g/mol. The Hall–Kier alpha value is -1.46.